The first-order valence-electron chi connectivity index (χ1n) is 8.12. The zero-order valence-corrected chi connectivity index (χ0v) is 14.7. The van der Waals surface area contributed by atoms with Crippen molar-refractivity contribution in [3.63, 3.8) is 0 Å². The standard InChI is InChI=1S/C16H24N4O3S/c1-17-11-12-18-15(21)9-3-2-6-10-19-16-13-7-4-5-8-14(13)24(22,23)20-16/h4-5,7-8,17H,2-3,6,9-12H2,1H3,(H,18,21)(H,19,20). The van der Waals surface area contributed by atoms with Gasteiger partial charge < -0.3 is 10.6 Å². The molecule has 2 rings (SSSR count). The van der Waals surface area contributed by atoms with Gasteiger partial charge in [-0.05, 0) is 32.0 Å². The summed E-state index contributed by atoms with van der Waals surface area (Å²) >= 11 is 0. The lowest BCUT2D eigenvalue weighted by Gasteiger charge is -2.04. The number of hydrogen-bond donors (Lipinski definition) is 3. The fourth-order valence-corrected chi connectivity index (χ4v) is 3.68. The van der Waals surface area contributed by atoms with Crippen LogP contribution >= 0.6 is 0 Å². The van der Waals surface area contributed by atoms with Crippen molar-refractivity contribution in [1.29, 1.82) is 0 Å². The zero-order valence-electron chi connectivity index (χ0n) is 13.8. The number of amidine groups is 1. The molecule has 0 spiro atoms. The number of nitrogens with zero attached hydrogens (tertiary/aromatic N) is 1. The largest absolute Gasteiger partial charge is 0.355 e. The average Bonchev–Trinajstić information content (AvgIpc) is 2.82. The summed E-state index contributed by atoms with van der Waals surface area (Å²) in [5.41, 5.74) is 0.626. The summed E-state index contributed by atoms with van der Waals surface area (Å²) in [6.45, 7) is 1.94. The highest BCUT2D eigenvalue weighted by Gasteiger charge is 2.29. The topological polar surface area (TPSA) is 99.7 Å². The molecule has 1 aromatic rings. The van der Waals surface area contributed by atoms with E-state index in [4.69, 9.17) is 0 Å². The first-order chi connectivity index (χ1) is 11.5. The maximum absolute atomic E-state index is 11.9. The Morgan fingerprint density at radius 1 is 1.17 bits per heavy atom. The van der Waals surface area contributed by atoms with Gasteiger partial charge in [-0.1, -0.05) is 18.6 Å². The van der Waals surface area contributed by atoms with E-state index in [0.29, 0.717) is 30.9 Å². The molecule has 1 aliphatic rings. The number of carbonyl (C=O) groups excluding carboxylic acids is 1. The van der Waals surface area contributed by atoms with Crippen LogP contribution in [-0.2, 0) is 14.8 Å². The van der Waals surface area contributed by atoms with Crippen LogP contribution in [0.5, 0.6) is 0 Å². The van der Waals surface area contributed by atoms with Crippen LogP contribution in [0.1, 0.15) is 31.2 Å². The van der Waals surface area contributed by atoms with Crippen molar-refractivity contribution in [3.8, 4) is 0 Å². The van der Waals surface area contributed by atoms with Crippen molar-refractivity contribution in [1.82, 2.24) is 15.4 Å². The summed E-state index contributed by atoms with van der Waals surface area (Å²) in [6, 6.07) is 6.82. The summed E-state index contributed by atoms with van der Waals surface area (Å²) in [5, 5.41) is 5.80. The van der Waals surface area contributed by atoms with Crippen molar-refractivity contribution in [3.05, 3.63) is 29.8 Å². The molecule has 0 aromatic heterocycles. The van der Waals surface area contributed by atoms with Gasteiger partial charge in [-0.3, -0.25) is 14.5 Å². The number of sulfonamides is 1. The Kier molecular flexibility index (Phi) is 6.74. The molecular formula is C16H24N4O3S. The molecule has 0 saturated heterocycles. The van der Waals surface area contributed by atoms with Crippen LogP contribution in [0.15, 0.2) is 34.2 Å². The van der Waals surface area contributed by atoms with Gasteiger partial charge >= 0.3 is 0 Å². The number of fused-ring (bicyclic) bond motifs is 1. The summed E-state index contributed by atoms with van der Waals surface area (Å²) in [6.07, 6.45) is 3.01. The normalized spacial score (nSPS) is 16.6. The Balaban J connectivity index is 1.71. The molecule has 3 N–H and O–H groups in total. The lowest BCUT2D eigenvalue weighted by Crippen LogP contribution is -2.30. The quantitative estimate of drug-likeness (QED) is 0.567. The number of aliphatic imine (C=N–C) groups is 1. The number of carbonyl (C=O) groups is 1. The Bertz CT molecular complexity index is 701. The molecule has 0 fully saturated rings. The number of amides is 1. The van der Waals surface area contributed by atoms with Crippen molar-refractivity contribution in [2.24, 2.45) is 4.99 Å². The molecule has 24 heavy (non-hydrogen) atoms. The molecule has 8 heteroatoms. The van der Waals surface area contributed by atoms with Crippen LogP contribution in [0.2, 0.25) is 0 Å². The molecule has 0 bridgehead atoms. The highest BCUT2D eigenvalue weighted by molar-refractivity contribution is 7.90. The lowest BCUT2D eigenvalue weighted by atomic mass is 10.2. The van der Waals surface area contributed by atoms with E-state index in [2.05, 4.69) is 20.3 Å². The minimum absolute atomic E-state index is 0.0639. The predicted molar refractivity (Wildman–Crippen MR) is 93.6 cm³/mol. The maximum atomic E-state index is 11.9. The minimum Gasteiger partial charge on any atom is -0.355 e. The van der Waals surface area contributed by atoms with E-state index in [1.165, 1.54) is 0 Å². The van der Waals surface area contributed by atoms with Gasteiger partial charge in [0, 0.05) is 31.6 Å². The molecule has 1 heterocycles. The summed E-state index contributed by atoms with van der Waals surface area (Å²) in [4.78, 5) is 16.2. The van der Waals surface area contributed by atoms with Gasteiger partial charge in [-0.25, -0.2) is 8.42 Å². The number of unbranched alkanes of at least 4 members (excludes halogenated alkanes) is 2. The van der Waals surface area contributed by atoms with Crippen LogP contribution in [0.25, 0.3) is 0 Å². The molecule has 0 saturated carbocycles. The van der Waals surface area contributed by atoms with Gasteiger partial charge in [0.2, 0.25) is 5.91 Å². The van der Waals surface area contributed by atoms with E-state index < -0.39 is 10.0 Å². The molecule has 0 aliphatic carbocycles. The van der Waals surface area contributed by atoms with E-state index in [9.17, 15) is 13.2 Å². The molecule has 0 radical (unpaired) electrons. The molecule has 1 aliphatic heterocycles. The van der Waals surface area contributed by atoms with Crippen LogP contribution in [0, 0.1) is 0 Å². The van der Waals surface area contributed by atoms with Gasteiger partial charge in [-0.15, -0.1) is 0 Å². The Labute approximate surface area is 143 Å². The molecule has 7 nitrogen and oxygen atoms in total. The highest BCUT2D eigenvalue weighted by atomic mass is 32.2. The first-order valence-corrected chi connectivity index (χ1v) is 9.61. The van der Waals surface area contributed by atoms with E-state index in [-0.39, 0.29) is 10.8 Å². The van der Waals surface area contributed by atoms with Crippen LogP contribution < -0.4 is 15.4 Å². The van der Waals surface area contributed by atoms with Gasteiger partial charge in [0.15, 0.2) is 0 Å². The second-order valence-electron chi connectivity index (χ2n) is 5.60. The monoisotopic (exact) mass is 352 g/mol. The molecule has 0 unspecified atom stereocenters. The van der Waals surface area contributed by atoms with Gasteiger partial charge in [0.1, 0.15) is 5.84 Å². The third-order valence-electron chi connectivity index (χ3n) is 3.69. The van der Waals surface area contributed by atoms with Crippen LogP contribution in [0.4, 0.5) is 0 Å². The van der Waals surface area contributed by atoms with Crippen molar-refractivity contribution >= 4 is 21.8 Å². The second kappa shape index (κ2) is 8.79. The molecule has 0 atom stereocenters. The van der Waals surface area contributed by atoms with Crippen LogP contribution in [-0.4, -0.2) is 46.8 Å². The van der Waals surface area contributed by atoms with Crippen molar-refractivity contribution in [2.75, 3.05) is 26.7 Å². The Morgan fingerprint density at radius 3 is 2.75 bits per heavy atom. The van der Waals surface area contributed by atoms with E-state index in [1.54, 1.807) is 24.3 Å². The van der Waals surface area contributed by atoms with Gasteiger partial charge in [-0.2, -0.15) is 0 Å². The number of likely N-dealkylation sites (N-methyl/N-ethyl adjacent to an activating group) is 1. The van der Waals surface area contributed by atoms with E-state index in [1.807, 2.05) is 7.05 Å². The molecule has 1 amide bonds. The summed E-state index contributed by atoms with van der Waals surface area (Å²) in [7, 11) is -1.62. The van der Waals surface area contributed by atoms with Crippen LogP contribution in [0.3, 0.4) is 0 Å². The SMILES string of the molecule is CNCCNC(=O)CCCCCN=C1NS(=O)(=O)c2ccccc21. The smallest absolute Gasteiger partial charge is 0.263 e. The molecule has 1 aromatic carbocycles. The lowest BCUT2D eigenvalue weighted by molar-refractivity contribution is -0.121. The van der Waals surface area contributed by atoms with Crippen molar-refractivity contribution < 1.29 is 13.2 Å². The number of rotatable bonds is 9. The number of hydrogen-bond acceptors (Lipinski definition) is 5. The fraction of sp³-hybridized carbons (Fsp3) is 0.500. The Morgan fingerprint density at radius 2 is 1.96 bits per heavy atom. The van der Waals surface area contributed by atoms with Gasteiger partial charge in [0.25, 0.3) is 10.0 Å². The first kappa shape index (κ1) is 18.4. The summed E-state index contributed by atoms with van der Waals surface area (Å²) < 4.78 is 26.4. The number of nitrogens with one attached hydrogen (secondary N) is 3. The molecular weight excluding hydrogens is 328 g/mol. The van der Waals surface area contributed by atoms with E-state index in [0.717, 1.165) is 25.8 Å². The van der Waals surface area contributed by atoms with Gasteiger partial charge in [0.05, 0.1) is 4.90 Å². The summed E-state index contributed by atoms with van der Waals surface area (Å²) in [5.74, 6) is 0.476. The predicted octanol–water partition coefficient (Wildman–Crippen LogP) is 0.621. The third kappa shape index (κ3) is 5.04. The average molecular weight is 352 g/mol. The maximum Gasteiger partial charge on any atom is 0.263 e. The third-order valence-corrected chi connectivity index (χ3v) is 5.09. The molecule has 132 valence electrons. The minimum atomic E-state index is -3.46. The van der Waals surface area contributed by atoms with Crippen molar-refractivity contribution in [2.45, 2.75) is 30.6 Å². The fourth-order valence-electron chi connectivity index (χ4n) is 2.43. The number of benzene rings is 1. The zero-order chi connectivity index (χ0) is 17.4. The highest BCUT2D eigenvalue weighted by Crippen LogP contribution is 2.22. The Hall–Kier alpha value is -1.93. The second-order valence-corrected chi connectivity index (χ2v) is 7.25. The van der Waals surface area contributed by atoms with E-state index >= 15 is 0 Å².